The summed E-state index contributed by atoms with van der Waals surface area (Å²) in [5.74, 6) is 1.67. The van der Waals surface area contributed by atoms with E-state index >= 15 is 0 Å². The summed E-state index contributed by atoms with van der Waals surface area (Å²) in [6.45, 7) is 18.5. The molecule has 0 radical (unpaired) electrons. The summed E-state index contributed by atoms with van der Waals surface area (Å²) < 4.78 is 8.94. The van der Waals surface area contributed by atoms with Crippen LogP contribution in [0.3, 0.4) is 0 Å². The summed E-state index contributed by atoms with van der Waals surface area (Å²) in [5.41, 5.74) is 8.72. The standard InChI is InChI=1S/C29H35N2OSi/c1-17-13-20-14-19(16-29(3,4)5)15-22-25(20)24(18(17)2)27-28(32-22)30-26-21(31(27)6)11-10-12-23(26)33(7,8)9/h10-15H,16H2,1-9H3/q+1. The Hall–Kier alpha value is -2.72. The fourth-order valence-electron chi connectivity index (χ4n) is 5.29. The van der Waals surface area contributed by atoms with Gasteiger partial charge in [0.1, 0.15) is 18.3 Å². The van der Waals surface area contributed by atoms with Crippen molar-refractivity contribution in [1.29, 1.82) is 0 Å². The van der Waals surface area contributed by atoms with Gasteiger partial charge in [-0.05, 0) is 59.0 Å². The number of fused-ring (bicyclic) bond motifs is 3. The van der Waals surface area contributed by atoms with Crippen LogP contribution < -0.4 is 14.5 Å². The van der Waals surface area contributed by atoms with Crippen LogP contribution in [-0.2, 0) is 13.5 Å². The smallest absolute Gasteiger partial charge is 0.294 e. The van der Waals surface area contributed by atoms with E-state index in [1.54, 1.807) is 0 Å². The van der Waals surface area contributed by atoms with E-state index in [1.165, 1.54) is 43.7 Å². The van der Waals surface area contributed by atoms with Crippen LogP contribution in [0.25, 0.3) is 33.1 Å². The predicted octanol–water partition coefficient (Wildman–Crippen LogP) is 6.74. The van der Waals surface area contributed by atoms with Gasteiger partial charge in [0.2, 0.25) is 5.52 Å². The molecule has 3 aromatic carbocycles. The van der Waals surface area contributed by atoms with E-state index in [2.05, 4.69) is 102 Å². The molecule has 0 aliphatic carbocycles. The van der Waals surface area contributed by atoms with Gasteiger partial charge in [0.25, 0.3) is 11.6 Å². The van der Waals surface area contributed by atoms with Crippen molar-refractivity contribution in [3.63, 3.8) is 0 Å². The molecule has 0 spiro atoms. The van der Waals surface area contributed by atoms with E-state index in [4.69, 9.17) is 9.72 Å². The highest BCUT2D eigenvalue weighted by molar-refractivity contribution is 6.90. The highest BCUT2D eigenvalue weighted by Gasteiger charge is 2.34. The van der Waals surface area contributed by atoms with Gasteiger partial charge < -0.3 is 4.74 Å². The van der Waals surface area contributed by atoms with Crippen LogP contribution in [0.15, 0.2) is 36.4 Å². The minimum Gasteiger partial charge on any atom is -0.433 e. The first-order valence-corrected chi connectivity index (χ1v) is 15.4. The zero-order chi connectivity index (χ0) is 23.9. The molecule has 0 saturated heterocycles. The molecule has 0 fully saturated rings. The molecular formula is C29H35N2OSi+. The van der Waals surface area contributed by atoms with Gasteiger partial charge in [-0.15, -0.1) is 0 Å². The fourth-order valence-corrected chi connectivity index (χ4v) is 6.78. The predicted molar refractivity (Wildman–Crippen MR) is 142 cm³/mol. The van der Waals surface area contributed by atoms with Crippen LogP contribution in [0.4, 0.5) is 0 Å². The minimum atomic E-state index is -1.57. The lowest BCUT2D eigenvalue weighted by Gasteiger charge is -2.25. The van der Waals surface area contributed by atoms with Gasteiger partial charge in [0.05, 0.1) is 13.6 Å². The van der Waals surface area contributed by atoms with Crippen molar-refractivity contribution < 1.29 is 9.30 Å². The largest absolute Gasteiger partial charge is 0.433 e. The summed E-state index contributed by atoms with van der Waals surface area (Å²) in [4.78, 5) is 5.20. The molecule has 0 bridgehead atoms. The molecule has 4 aromatic rings. The molecule has 5 rings (SSSR count). The summed E-state index contributed by atoms with van der Waals surface area (Å²) in [7, 11) is 0.586. The van der Waals surface area contributed by atoms with Crippen molar-refractivity contribution in [3.05, 3.63) is 53.1 Å². The quantitative estimate of drug-likeness (QED) is 0.218. The van der Waals surface area contributed by atoms with Crippen LogP contribution in [0.5, 0.6) is 11.6 Å². The van der Waals surface area contributed by atoms with E-state index in [1.807, 2.05) is 0 Å². The second kappa shape index (κ2) is 7.14. The summed E-state index contributed by atoms with van der Waals surface area (Å²) in [6.07, 6.45) is 1.01. The molecule has 0 atom stereocenters. The second-order valence-corrected chi connectivity index (χ2v) is 17.0. The van der Waals surface area contributed by atoms with E-state index in [0.29, 0.717) is 0 Å². The van der Waals surface area contributed by atoms with Gasteiger partial charge in [0, 0.05) is 11.5 Å². The SMILES string of the molecule is Cc1cc2cc(CC(C)(C)C)cc3c2c(c1C)-c1c(nc2c([Si](C)(C)C)cccc2[n+]1C)O3. The molecule has 2 heterocycles. The van der Waals surface area contributed by atoms with Crippen LogP contribution >= 0.6 is 0 Å². The number of benzene rings is 3. The molecule has 0 N–H and O–H groups in total. The number of para-hydroxylation sites is 1. The molecule has 4 heteroatoms. The summed E-state index contributed by atoms with van der Waals surface area (Å²) >= 11 is 0. The second-order valence-electron chi connectivity index (χ2n) is 12.0. The van der Waals surface area contributed by atoms with E-state index in [9.17, 15) is 0 Å². The minimum absolute atomic E-state index is 0.211. The molecule has 0 saturated carbocycles. The lowest BCUT2D eigenvalue weighted by atomic mass is 9.85. The molecule has 33 heavy (non-hydrogen) atoms. The number of hydrogen-bond donors (Lipinski definition) is 0. The van der Waals surface area contributed by atoms with Crippen LogP contribution in [0.2, 0.25) is 19.6 Å². The zero-order valence-electron chi connectivity index (χ0n) is 21.5. The fraction of sp³-hybridized carbons (Fsp3) is 0.379. The number of aromatic nitrogens is 2. The van der Waals surface area contributed by atoms with Crippen LogP contribution in [-0.4, -0.2) is 13.1 Å². The first-order chi connectivity index (χ1) is 15.3. The maximum absolute atomic E-state index is 6.64. The van der Waals surface area contributed by atoms with Gasteiger partial charge in [-0.1, -0.05) is 64.7 Å². The number of aryl methyl sites for hydroxylation is 2. The number of nitrogens with zero attached hydrogens (tertiary/aromatic N) is 2. The lowest BCUT2D eigenvalue weighted by molar-refractivity contribution is -0.634. The highest BCUT2D eigenvalue weighted by Crippen LogP contribution is 2.47. The Labute approximate surface area is 198 Å². The van der Waals surface area contributed by atoms with E-state index in [-0.39, 0.29) is 5.41 Å². The number of rotatable bonds is 2. The van der Waals surface area contributed by atoms with E-state index in [0.717, 1.165) is 29.3 Å². The molecule has 1 aromatic heterocycles. The van der Waals surface area contributed by atoms with Crippen molar-refractivity contribution in [2.75, 3.05) is 0 Å². The Kier molecular flexibility index (Phi) is 4.78. The van der Waals surface area contributed by atoms with Gasteiger partial charge >= 0.3 is 0 Å². The zero-order valence-corrected chi connectivity index (χ0v) is 22.5. The Bertz CT molecular complexity index is 1460. The Morgan fingerprint density at radius 3 is 2.42 bits per heavy atom. The Morgan fingerprint density at radius 1 is 1.03 bits per heavy atom. The van der Waals surface area contributed by atoms with Crippen molar-refractivity contribution in [3.8, 4) is 22.9 Å². The first-order valence-electron chi connectivity index (χ1n) is 11.9. The van der Waals surface area contributed by atoms with Gasteiger partial charge in [-0.3, -0.25) is 0 Å². The number of hydrogen-bond acceptors (Lipinski definition) is 2. The van der Waals surface area contributed by atoms with Crippen molar-refractivity contribution in [1.82, 2.24) is 4.98 Å². The van der Waals surface area contributed by atoms with Gasteiger partial charge in [-0.2, -0.15) is 4.57 Å². The molecule has 1 aliphatic heterocycles. The monoisotopic (exact) mass is 455 g/mol. The first kappa shape index (κ1) is 22.1. The Balaban J connectivity index is 1.88. The maximum atomic E-state index is 6.64. The van der Waals surface area contributed by atoms with Gasteiger partial charge in [0.15, 0.2) is 0 Å². The van der Waals surface area contributed by atoms with Crippen molar-refractivity contribution >= 4 is 35.1 Å². The molecule has 0 amide bonds. The maximum Gasteiger partial charge on any atom is 0.294 e. The average Bonchev–Trinajstić information content (AvgIpc) is 2.68. The highest BCUT2D eigenvalue weighted by atomic mass is 28.3. The lowest BCUT2D eigenvalue weighted by Crippen LogP contribution is -2.42. The summed E-state index contributed by atoms with van der Waals surface area (Å²) in [5, 5.41) is 3.84. The molecule has 3 nitrogen and oxygen atoms in total. The van der Waals surface area contributed by atoms with Crippen molar-refractivity contribution in [2.24, 2.45) is 12.5 Å². The normalized spacial score (nSPS) is 13.4. The van der Waals surface area contributed by atoms with Crippen LogP contribution in [0, 0.1) is 19.3 Å². The Morgan fingerprint density at radius 2 is 1.76 bits per heavy atom. The molecule has 0 unspecified atom stereocenters. The molecule has 1 aliphatic rings. The third kappa shape index (κ3) is 3.56. The van der Waals surface area contributed by atoms with Crippen molar-refractivity contribution in [2.45, 2.75) is 60.7 Å². The van der Waals surface area contributed by atoms with Gasteiger partial charge in [-0.25, -0.2) is 4.98 Å². The molecular weight excluding hydrogens is 420 g/mol. The average molecular weight is 456 g/mol. The van der Waals surface area contributed by atoms with Crippen LogP contribution in [0.1, 0.15) is 37.5 Å². The topological polar surface area (TPSA) is 26.0 Å². The third-order valence-corrected chi connectivity index (χ3v) is 8.91. The van der Waals surface area contributed by atoms with E-state index < -0.39 is 8.07 Å². The molecule has 170 valence electrons. The summed E-state index contributed by atoms with van der Waals surface area (Å²) in [6, 6.07) is 13.5. The third-order valence-electron chi connectivity index (χ3n) is 6.89. The number of ether oxygens (including phenoxy) is 1.